The van der Waals surface area contributed by atoms with E-state index in [0.29, 0.717) is 17.1 Å². The third-order valence-electron chi connectivity index (χ3n) is 2.52. The molecule has 4 nitrogen and oxygen atoms in total. The molecule has 2 amide bonds. The molecule has 0 aliphatic carbocycles. The Morgan fingerprint density at radius 3 is 2.58 bits per heavy atom. The summed E-state index contributed by atoms with van der Waals surface area (Å²) in [4.78, 5) is 25.4. The maximum Gasteiger partial charge on any atom is 0.254 e. The topological polar surface area (TPSA) is 49.4 Å². The lowest BCUT2D eigenvalue weighted by Crippen LogP contribution is -2.42. The summed E-state index contributed by atoms with van der Waals surface area (Å²) in [5.74, 6) is -0.351. The highest BCUT2D eigenvalue weighted by atomic mass is 35.5. The number of carbonyl (C=O) groups is 2. The van der Waals surface area contributed by atoms with Gasteiger partial charge in [0, 0.05) is 23.2 Å². The number of hydrogen-bond donors (Lipinski definition) is 1. The van der Waals surface area contributed by atoms with Gasteiger partial charge in [-0.15, -0.1) is 0 Å². The molecule has 1 rings (SSSR count). The molecule has 0 aliphatic heterocycles. The summed E-state index contributed by atoms with van der Waals surface area (Å²) in [6.07, 6.45) is 0. The number of carbonyl (C=O) groups excluding carboxylic acids is 2. The van der Waals surface area contributed by atoms with Crippen LogP contribution < -0.4 is 5.32 Å². The van der Waals surface area contributed by atoms with E-state index in [1.165, 1.54) is 4.90 Å². The Morgan fingerprint density at radius 2 is 2.05 bits per heavy atom. The van der Waals surface area contributed by atoms with Gasteiger partial charge in [-0.05, 0) is 39.0 Å². The van der Waals surface area contributed by atoms with Gasteiger partial charge in [0.2, 0.25) is 5.91 Å². The third kappa shape index (κ3) is 4.91. The zero-order valence-electron chi connectivity index (χ0n) is 11.4. The Kier molecular flexibility index (Phi) is 5.83. The van der Waals surface area contributed by atoms with Crippen molar-refractivity contribution >= 4 is 23.4 Å². The van der Waals surface area contributed by atoms with Crippen LogP contribution in [0.3, 0.4) is 0 Å². The van der Waals surface area contributed by atoms with Crippen molar-refractivity contribution in [3.8, 4) is 0 Å². The minimum Gasteiger partial charge on any atom is -0.352 e. The van der Waals surface area contributed by atoms with Gasteiger partial charge in [-0.3, -0.25) is 9.59 Å². The number of rotatable bonds is 5. The van der Waals surface area contributed by atoms with Crippen molar-refractivity contribution in [3.05, 3.63) is 34.9 Å². The van der Waals surface area contributed by atoms with Crippen molar-refractivity contribution in [2.75, 3.05) is 13.1 Å². The van der Waals surface area contributed by atoms with Crippen molar-refractivity contribution in [2.45, 2.75) is 26.8 Å². The van der Waals surface area contributed by atoms with Crippen LogP contribution in [0.15, 0.2) is 24.3 Å². The SMILES string of the molecule is CCN(CC(=O)NC(C)C)C(=O)c1cccc(Cl)c1. The third-order valence-corrected chi connectivity index (χ3v) is 2.76. The molecular formula is C14H19ClN2O2. The standard InChI is InChI=1S/C14H19ClN2O2/c1-4-17(9-13(18)16-10(2)3)14(19)11-6-5-7-12(15)8-11/h5-8,10H,4,9H2,1-3H3,(H,16,18). The maximum absolute atomic E-state index is 12.2. The Morgan fingerprint density at radius 1 is 1.37 bits per heavy atom. The van der Waals surface area contributed by atoms with Crippen LogP contribution in [0.25, 0.3) is 0 Å². The van der Waals surface area contributed by atoms with Crippen molar-refractivity contribution in [3.63, 3.8) is 0 Å². The molecule has 1 N–H and O–H groups in total. The number of nitrogens with one attached hydrogen (secondary N) is 1. The van der Waals surface area contributed by atoms with E-state index in [-0.39, 0.29) is 24.4 Å². The van der Waals surface area contributed by atoms with Crippen LogP contribution >= 0.6 is 11.6 Å². The van der Waals surface area contributed by atoms with Crippen LogP contribution in [0.1, 0.15) is 31.1 Å². The molecule has 0 radical (unpaired) electrons. The number of nitrogens with zero attached hydrogens (tertiary/aromatic N) is 1. The summed E-state index contributed by atoms with van der Waals surface area (Å²) in [5, 5.41) is 3.27. The van der Waals surface area contributed by atoms with Crippen LogP contribution in [-0.4, -0.2) is 35.8 Å². The van der Waals surface area contributed by atoms with Crippen molar-refractivity contribution in [2.24, 2.45) is 0 Å². The van der Waals surface area contributed by atoms with E-state index in [2.05, 4.69) is 5.32 Å². The van der Waals surface area contributed by atoms with E-state index >= 15 is 0 Å². The lowest BCUT2D eigenvalue weighted by molar-refractivity contribution is -0.122. The van der Waals surface area contributed by atoms with Crippen molar-refractivity contribution in [1.82, 2.24) is 10.2 Å². The first-order valence-electron chi connectivity index (χ1n) is 6.28. The van der Waals surface area contributed by atoms with E-state index in [4.69, 9.17) is 11.6 Å². The van der Waals surface area contributed by atoms with Gasteiger partial charge in [-0.25, -0.2) is 0 Å². The van der Waals surface area contributed by atoms with Crippen molar-refractivity contribution < 1.29 is 9.59 Å². The minimum absolute atomic E-state index is 0.0556. The molecule has 0 saturated heterocycles. The highest BCUT2D eigenvalue weighted by Crippen LogP contribution is 2.12. The van der Waals surface area contributed by atoms with Gasteiger partial charge >= 0.3 is 0 Å². The molecular weight excluding hydrogens is 264 g/mol. The fourth-order valence-corrected chi connectivity index (χ4v) is 1.86. The highest BCUT2D eigenvalue weighted by Gasteiger charge is 2.17. The number of likely N-dealkylation sites (N-methyl/N-ethyl adjacent to an activating group) is 1. The lowest BCUT2D eigenvalue weighted by atomic mass is 10.2. The van der Waals surface area contributed by atoms with E-state index in [1.807, 2.05) is 20.8 Å². The van der Waals surface area contributed by atoms with E-state index < -0.39 is 0 Å². The molecule has 5 heteroatoms. The fraction of sp³-hybridized carbons (Fsp3) is 0.429. The molecule has 0 aliphatic rings. The van der Waals surface area contributed by atoms with Gasteiger partial charge in [-0.1, -0.05) is 17.7 Å². The number of hydrogen-bond acceptors (Lipinski definition) is 2. The summed E-state index contributed by atoms with van der Waals surface area (Å²) in [5.41, 5.74) is 0.492. The molecule has 0 aromatic heterocycles. The van der Waals surface area contributed by atoms with Crippen LogP contribution in [-0.2, 0) is 4.79 Å². The van der Waals surface area contributed by atoms with E-state index in [9.17, 15) is 9.59 Å². The Hall–Kier alpha value is -1.55. The molecule has 0 bridgehead atoms. The second-order valence-electron chi connectivity index (χ2n) is 4.55. The van der Waals surface area contributed by atoms with Crippen LogP contribution in [0, 0.1) is 0 Å². The highest BCUT2D eigenvalue weighted by molar-refractivity contribution is 6.30. The molecule has 0 saturated carbocycles. The number of benzene rings is 1. The van der Waals surface area contributed by atoms with E-state index in [1.54, 1.807) is 24.3 Å². The van der Waals surface area contributed by atoms with Gasteiger partial charge in [-0.2, -0.15) is 0 Å². The predicted molar refractivity (Wildman–Crippen MR) is 76.3 cm³/mol. The first kappa shape index (κ1) is 15.5. The first-order chi connectivity index (χ1) is 8.93. The molecule has 0 unspecified atom stereocenters. The smallest absolute Gasteiger partial charge is 0.254 e. The Labute approximate surface area is 118 Å². The largest absolute Gasteiger partial charge is 0.352 e. The fourth-order valence-electron chi connectivity index (χ4n) is 1.67. The number of halogens is 1. The van der Waals surface area contributed by atoms with Gasteiger partial charge in [0.25, 0.3) is 5.91 Å². The van der Waals surface area contributed by atoms with E-state index in [0.717, 1.165) is 0 Å². The van der Waals surface area contributed by atoms with Gasteiger partial charge in [0.05, 0.1) is 6.54 Å². The monoisotopic (exact) mass is 282 g/mol. The summed E-state index contributed by atoms with van der Waals surface area (Å²) in [6.45, 7) is 6.13. The van der Waals surface area contributed by atoms with Gasteiger partial charge < -0.3 is 10.2 Å². The molecule has 0 spiro atoms. The van der Waals surface area contributed by atoms with Crippen LogP contribution in [0.4, 0.5) is 0 Å². The Balaban J connectivity index is 2.74. The predicted octanol–water partition coefficient (Wildman–Crippen LogP) is 2.33. The molecule has 1 aromatic rings. The second-order valence-corrected chi connectivity index (χ2v) is 4.99. The maximum atomic E-state index is 12.2. The van der Waals surface area contributed by atoms with Gasteiger partial charge in [0.15, 0.2) is 0 Å². The quantitative estimate of drug-likeness (QED) is 0.901. The van der Waals surface area contributed by atoms with Crippen LogP contribution in [0.2, 0.25) is 5.02 Å². The average molecular weight is 283 g/mol. The summed E-state index contributed by atoms with van der Waals surface area (Å²) in [6, 6.07) is 6.79. The summed E-state index contributed by atoms with van der Waals surface area (Å²) < 4.78 is 0. The van der Waals surface area contributed by atoms with Crippen LogP contribution in [0.5, 0.6) is 0 Å². The molecule has 0 atom stereocenters. The minimum atomic E-state index is -0.191. The van der Waals surface area contributed by atoms with Crippen molar-refractivity contribution in [1.29, 1.82) is 0 Å². The normalized spacial score (nSPS) is 10.4. The first-order valence-corrected chi connectivity index (χ1v) is 6.66. The molecule has 19 heavy (non-hydrogen) atoms. The number of amides is 2. The molecule has 1 aromatic carbocycles. The van der Waals surface area contributed by atoms with Gasteiger partial charge in [0.1, 0.15) is 0 Å². The molecule has 0 heterocycles. The Bertz CT molecular complexity index is 461. The lowest BCUT2D eigenvalue weighted by Gasteiger charge is -2.21. The molecule has 0 fully saturated rings. The average Bonchev–Trinajstić information content (AvgIpc) is 2.34. The molecule has 104 valence electrons. The second kappa shape index (κ2) is 7.14. The zero-order chi connectivity index (χ0) is 14.4. The zero-order valence-corrected chi connectivity index (χ0v) is 12.2. The summed E-state index contributed by atoms with van der Waals surface area (Å²) >= 11 is 5.86. The summed E-state index contributed by atoms with van der Waals surface area (Å²) in [7, 11) is 0.